The number of amides is 1. The number of hydrogen-bond donors (Lipinski definition) is 1. The molecule has 0 unspecified atom stereocenters. The van der Waals surface area contributed by atoms with Crippen molar-refractivity contribution < 1.29 is 22.0 Å². The summed E-state index contributed by atoms with van der Waals surface area (Å²) in [4.78, 5) is 12.2. The highest BCUT2D eigenvalue weighted by Crippen LogP contribution is 2.26. The first-order valence-electron chi connectivity index (χ1n) is 7.34. The van der Waals surface area contributed by atoms with Crippen LogP contribution in [0.3, 0.4) is 0 Å². The van der Waals surface area contributed by atoms with E-state index in [1.807, 2.05) is 0 Å². The molecule has 1 saturated heterocycles. The molecule has 25 heavy (non-hydrogen) atoms. The van der Waals surface area contributed by atoms with E-state index in [4.69, 9.17) is 11.6 Å². The Labute approximate surface area is 148 Å². The Morgan fingerprint density at radius 1 is 1.12 bits per heavy atom. The lowest BCUT2D eigenvalue weighted by atomic mass is 10.2. The highest BCUT2D eigenvalue weighted by molar-refractivity contribution is 7.93. The molecule has 0 radical (unpaired) electrons. The fourth-order valence-electron chi connectivity index (χ4n) is 2.54. The van der Waals surface area contributed by atoms with Crippen LogP contribution < -0.4 is 9.62 Å². The minimum absolute atomic E-state index is 0.111. The van der Waals surface area contributed by atoms with Crippen molar-refractivity contribution in [3.8, 4) is 0 Å². The number of sulfonamides is 1. The van der Waals surface area contributed by atoms with Crippen LogP contribution in [0.4, 0.5) is 20.2 Å². The summed E-state index contributed by atoms with van der Waals surface area (Å²) in [5.41, 5.74) is 0.666. The molecule has 0 atom stereocenters. The van der Waals surface area contributed by atoms with Gasteiger partial charge in [0.1, 0.15) is 0 Å². The van der Waals surface area contributed by atoms with E-state index in [0.717, 1.165) is 12.1 Å². The Kier molecular flexibility index (Phi) is 4.66. The predicted molar refractivity (Wildman–Crippen MR) is 91.5 cm³/mol. The number of nitrogens with zero attached hydrogens (tertiary/aromatic N) is 1. The van der Waals surface area contributed by atoms with Crippen LogP contribution in [0.1, 0.15) is 16.8 Å². The minimum atomic E-state index is -3.28. The second kappa shape index (κ2) is 6.61. The van der Waals surface area contributed by atoms with Gasteiger partial charge in [-0.3, -0.25) is 9.10 Å². The summed E-state index contributed by atoms with van der Waals surface area (Å²) in [5, 5.41) is 2.29. The van der Waals surface area contributed by atoms with Gasteiger partial charge in [0.25, 0.3) is 5.91 Å². The molecule has 1 aliphatic heterocycles. The van der Waals surface area contributed by atoms with E-state index < -0.39 is 27.6 Å². The topological polar surface area (TPSA) is 66.5 Å². The van der Waals surface area contributed by atoms with Crippen molar-refractivity contribution in [1.29, 1.82) is 0 Å². The lowest BCUT2D eigenvalue weighted by Gasteiger charge is -2.17. The summed E-state index contributed by atoms with van der Waals surface area (Å²) >= 11 is 5.76. The molecule has 0 bridgehead atoms. The molecule has 1 fully saturated rings. The largest absolute Gasteiger partial charge is 0.322 e. The Morgan fingerprint density at radius 3 is 2.36 bits per heavy atom. The van der Waals surface area contributed by atoms with Gasteiger partial charge in [0.15, 0.2) is 11.6 Å². The molecule has 0 saturated carbocycles. The predicted octanol–water partition coefficient (Wildman–Crippen LogP) is 3.41. The molecule has 132 valence electrons. The molecule has 2 aromatic rings. The van der Waals surface area contributed by atoms with Gasteiger partial charge >= 0.3 is 0 Å². The Bertz CT molecular complexity index is 933. The summed E-state index contributed by atoms with van der Waals surface area (Å²) < 4.78 is 51.4. The van der Waals surface area contributed by atoms with Crippen molar-refractivity contribution in [3.63, 3.8) is 0 Å². The van der Waals surface area contributed by atoms with Gasteiger partial charge in [-0.05, 0) is 42.8 Å². The lowest BCUT2D eigenvalue weighted by molar-refractivity contribution is 0.102. The molecule has 0 spiro atoms. The smallest absolute Gasteiger partial charge is 0.257 e. The number of carbonyl (C=O) groups is 1. The van der Waals surface area contributed by atoms with Crippen molar-refractivity contribution in [3.05, 3.63) is 58.6 Å². The summed E-state index contributed by atoms with van der Waals surface area (Å²) in [7, 11) is -3.28. The van der Waals surface area contributed by atoms with Crippen molar-refractivity contribution in [2.45, 2.75) is 6.42 Å². The maximum atomic E-state index is 13.3. The van der Waals surface area contributed by atoms with Gasteiger partial charge in [0.2, 0.25) is 10.0 Å². The zero-order chi connectivity index (χ0) is 18.2. The summed E-state index contributed by atoms with van der Waals surface area (Å²) in [6.45, 7) is 0.415. The van der Waals surface area contributed by atoms with Crippen LogP contribution in [0.25, 0.3) is 0 Å². The molecule has 2 aromatic carbocycles. The van der Waals surface area contributed by atoms with Crippen LogP contribution >= 0.6 is 11.6 Å². The third-order valence-electron chi connectivity index (χ3n) is 3.77. The highest BCUT2D eigenvalue weighted by Gasteiger charge is 2.28. The molecule has 0 aromatic heterocycles. The monoisotopic (exact) mass is 386 g/mol. The molecule has 1 N–H and O–H groups in total. The molecule has 1 aliphatic rings. The average Bonchev–Trinajstić information content (AvgIpc) is 2.91. The van der Waals surface area contributed by atoms with Gasteiger partial charge in [-0.2, -0.15) is 0 Å². The van der Waals surface area contributed by atoms with E-state index in [1.54, 1.807) is 12.1 Å². The Balaban J connectivity index is 1.78. The number of hydrogen-bond acceptors (Lipinski definition) is 3. The van der Waals surface area contributed by atoms with Crippen LogP contribution in [0, 0.1) is 11.6 Å². The number of halogens is 3. The van der Waals surface area contributed by atoms with Crippen LogP contribution in [0.2, 0.25) is 5.02 Å². The van der Waals surface area contributed by atoms with E-state index in [2.05, 4.69) is 5.32 Å². The normalized spacial score (nSPS) is 16.0. The van der Waals surface area contributed by atoms with E-state index >= 15 is 0 Å². The van der Waals surface area contributed by atoms with Crippen LogP contribution in [-0.2, 0) is 10.0 Å². The zero-order valence-corrected chi connectivity index (χ0v) is 14.4. The first-order chi connectivity index (χ1) is 11.8. The zero-order valence-electron chi connectivity index (χ0n) is 12.8. The van der Waals surface area contributed by atoms with Gasteiger partial charge in [0, 0.05) is 12.2 Å². The molecule has 1 amide bonds. The standard InChI is InChI=1S/C16H13ClF2N2O3S/c17-13-9-15(19)14(18)8-12(13)16(22)20-10-2-4-11(5-3-10)21-6-1-7-25(21,23)24/h2-5,8-9H,1,6-7H2,(H,20,22). The maximum Gasteiger partial charge on any atom is 0.257 e. The molecular formula is C16H13ClF2N2O3S. The number of anilines is 2. The Morgan fingerprint density at radius 2 is 1.76 bits per heavy atom. The third kappa shape index (κ3) is 3.59. The summed E-state index contributed by atoms with van der Waals surface area (Å²) in [6, 6.07) is 7.62. The van der Waals surface area contributed by atoms with Crippen molar-refractivity contribution in [2.75, 3.05) is 21.9 Å². The van der Waals surface area contributed by atoms with Crippen molar-refractivity contribution in [2.24, 2.45) is 0 Å². The van der Waals surface area contributed by atoms with Gasteiger partial charge in [-0.15, -0.1) is 0 Å². The maximum absolute atomic E-state index is 13.3. The van der Waals surface area contributed by atoms with Crippen molar-refractivity contribution >= 4 is 38.9 Å². The fourth-order valence-corrected chi connectivity index (χ4v) is 4.34. The Hall–Kier alpha value is -2.19. The van der Waals surface area contributed by atoms with E-state index in [9.17, 15) is 22.0 Å². The van der Waals surface area contributed by atoms with E-state index in [1.165, 1.54) is 16.4 Å². The first kappa shape index (κ1) is 17.6. The fraction of sp³-hybridized carbons (Fsp3) is 0.188. The van der Waals surface area contributed by atoms with E-state index in [-0.39, 0.29) is 16.3 Å². The molecule has 9 heteroatoms. The molecule has 0 aliphatic carbocycles. The van der Waals surface area contributed by atoms with Gasteiger partial charge in [0.05, 0.1) is 22.0 Å². The number of rotatable bonds is 3. The average molecular weight is 387 g/mol. The summed E-state index contributed by atoms with van der Waals surface area (Å²) in [5.74, 6) is -2.91. The van der Waals surface area contributed by atoms with Gasteiger partial charge in [-0.1, -0.05) is 11.6 Å². The molecular weight excluding hydrogens is 374 g/mol. The van der Waals surface area contributed by atoms with Crippen LogP contribution in [-0.4, -0.2) is 26.6 Å². The summed E-state index contributed by atoms with van der Waals surface area (Å²) in [6.07, 6.45) is 0.565. The SMILES string of the molecule is O=C(Nc1ccc(N2CCCS2(=O)=O)cc1)c1cc(F)c(F)cc1Cl. The van der Waals surface area contributed by atoms with Gasteiger partial charge < -0.3 is 5.32 Å². The first-order valence-corrected chi connectivity index (χ1v) is 9.33. The molecule has 1 heterocycles. The van der Waals surface area contributed by atoms with E-state index in [0.29, 0.717) is 24.3 Å². The second-order valence-electron chi connectivity index (χ2n) is 5.49. The van der Waals surface area contributed by atoms with Crippen LogP contribution in [0.15, 0.2) is 36.4 Å². The highest BCUT2D eigenvalue weighted by atomic mass is 35.5. The van der Waals surface area contributed by atoms with Crippen molar-refractivity contribution in [1.82, 2.24) is 0 Å². The number of nitrogens with one attached hydrogen (secondary N) is 1. The lowest BCUT2D eigenvalue weighted by Crippen LogP contribution is -2.25. The minimum Gasteiger partial charge on any atom is -0.322 e. The second-order valence-corrected chi connectivity index (χ2v) is 7.91. The number of benzene rings is 2. The molecule has 5 nitrogen and oxygen atoms in total. The third-order valence-corrected chi connectivity index (χ3v) is 5.95. The number of carbonyl (C=O) groups excluding carboxylic acids is 1. The molecule has 3 rings (SSSR count). The van der Waals surface area contributed by atoms with Gasteiger partial charge in [-0.25, -0.2) is 17.2 Å². The quantitative estimate of drug-likeness (QED) is 0.822. The van der Waals surface area contributed by atoms with Crippen LogP contribution in [0.5, 0.6) is 0 Å².